The van der Waals surface area contributed by atoms with E-state index in [1.807, 2.05) is 66.7 Å². The zero-order valence-electron chi connectivity index (χ0n) is 22.7. The lowest BCUT2D eigenvalue weighted by atomic mass is 9.84. The van der Waals surface area contributed by atoms with Gasteiger partial charge in [-0.25, -0.2) is 4.79 Å². The number of carbonyl (C=O) groups excluding carboxylic acids is 1. The molecule has 3 aromatic rings. The summed E-state index contributed by atoms with van der Waals surface area (Å²) < 4.78 is 0. The summed E-state index contributed by atoms with van der Waals surface area (Å²) in [5.74, 6) is -1.32. The molecular weight excluding hydrogens is 490 g/mol. The average molecular weight is 528 g/mol. The molecule has 0 radical (unpaired) electrons. The molecule has 0 unspecified atom stereocenters. The van der Waals surface area contributed by atoms with Crippen molar-refractivity contribution in [1.82, 2.24) is 4.90 Å². The van der Waals surface area contributed by atoms with Crippen molar-refractivity contribution in [2.24, 2.45) is 10.4 Å². The Hall–Kier alpha value is -3.81. The second-order valence-corrected chi connectivity index (χ2v) is 11.1. The number of carbonyl (C=O) groups is 2. The third kappa shape index (κ3) is 6.99. The van der Waals surface area contributed by atoms with Crippen LogP contribution in [0.4, 0.5) is 5.69 Å². The summed E-state index contributed by atoms with van der Waals surface area (Å²) in [4.78, 5) is 32.7. The number of para-hydroxylation sites is 1. The predicted octanol–water partition coefficient (Wildman–Crippen LogP) is 4.99. The van der Waals surface area contributed by atoms with Crippen LogP contribution in [0, 0.1) is 5.41 Å². The molecule has 7 heteroatoms. The molecule has 3 aromatic carbocycles. The molecular formula is C32H37N3O4. The van der Waals surface area contributed by atoms with E-state index in [4.69, 9.17) is 0 Å². The summed E-state index contributed by atoms with van der Waals surface area (Å²) in [5.41, 5.74) is 2.69. The minimum Gasteiger partial charge on any atom is -0.480 e. The number of amides is 1. The molecule has 3 atom stereocenters. The zero-order valence-corrected chi connectivity index (χ0v) is 22.7. The number of nitrogens with zero attached hydrogens (tertiary/aromatic N) is 2. The Morgan fingerprint density at radius 2 is 1.59 bits per heavy atom. The van der Waals surface area contributed by atoms with Crippen molar-refractivity contribution in [2.75, 3.05) is 11.9 Å². The van der Waals surface area contributed by atoms with Crippen LogP contribution in [0.2, 0.25) is 0 Å². The fourth-order valence-corrected chi connectivity index (χ4v) is 4.91. The highest BCUT2D eigenvalue weighted by atomic mass is 16.4. The van der Waals surface area contributed by atoms with E-state index >= 15 is 0 Å². The molecule has 0 aliphatic carbocycles. The molecule has 204 valence electrons. The van der Waals surface area contributed by atoms with Crippen molar-refractivity contribution in [3.05, 3.63) is 102 Å². The number of aliphatic imine (C=N–C) groups is 1. The third-order valence-corrected chi connectivity index (χ3v) is 7.09. The molecule has 0 bridgehead atoms. The van der Waals surface area contributed by atoms with Gasteiger partial charge in [0.25, 0.3) is 0 Å². The van der Waals surface area contributed by atoms with Gasteiger partial charge in [-0.3, -0.25) is 14.7 Å². The van der Waals surface area contributed by atoms with Crippen LogP contribution in [-0.4, -0.2) is 57.4 Å². The minimum atomic E-state index is -1.39. The summed E-state index contributed by atoms with van der Waals surface area (Å²) in [5, 5.41) is 24.0. The molecule has 39 heavy (non-hydrogen) atoms. The van der Waals surface area contributed by atoms with Crippen LogP contribution in [-0.2, 0) is 16.1 Å². The van der Waals surface area contributed by atoms with E-state index < -0.39 is 23.5 Å². The number of benzene rings is 3. The molecule has 1 fully saturated rings. The quantitative estimate of drug-likeness (QED) is 0.341. The minimum absolute atomic E-state index is 0.104. The molecule has 0 saturated carbocycles. The maximum atomic E-state index is 13.6. The van der Waals surface area contributed by atoms with Crippen molar-refractivity contribution in [1.29, 1.82) is 0 Å². The zero-order chi connectivity index (χ0) is 28.0. The second-order valence-electron chi connectivity index (χ2n) is 11.1. The Morgan fingerprint density at radius 1 is 0.974 bits per heavy atom. The van der Waals surface area contributed by atoms with Gasteiger partial charge in [-0.15, -0.1) is 0 Å². The van der Waals surface area contributed by atoms with Gasteiger partial charge < -0.3 is 15.5 Å². The van der Waals surface area contributed by atoms with E-state index in [9.17, 15) is 19.8 Å². The lowest BCUT2D eigenvalue weighted by molar-refractivity contribution is -0.143. The van der Waals surface area contributed by atoms with Gasteiger partial charge >= 0.3 is 5.97 Å². The molecule has 4 rings (SSSR count). The lowest BCUT2D eigenvalue weighted by Crippen LogP contribution is -2.42. The van der Waals surface area contributed by atoms with Gasteiger partial charge in [0.1, 0.15) is 0 Å². The van der Waals surface area contributed by atoms with Gasteiger partial charge in [0, 0.05) is 17.7 Å². The van der Waals surface area contributed by atoms with Gasteiger partial charge in [-0.2, -0.15) is 0 Å². The molecule has 1 aliphatic rings. The normalized spacial score (nSPS) is 17.9. The number of aliphatic hydroxyl groups excluding tert-OH is 1. The standard InChI is InChI=1S/C32H37N3O4/c1-32(2,3)29(36)28(31(38)39)34-27(23-15-8-5-9-16-23)24-17-10-11-18-25(24)33-30(37)26-19-12-20-35(26)21-22-13-6-4-7-14-22/h4-11,13-18,26,28-29,36H,12,19-21H2,1-3H3,(H,33,37)(H,38,39)/t26-,28-,29-/m0/s1. The Bertz CT molecular complexity index is 1300. The van der Waals surface area contributed by atoms with Crippen LogP contribution in [0.25, 0.3) is 0 Å². The number of rotatable bonds is 9. The molecule has 1 amide bonds. The summed E-state index contributed by atoms with van der Waals surface area (Å²) in [6, 6.07) is 25.0. The molecule has 0 spiro atoms. The third-order valence-electron chi connectivity index (χ3n) is 7.09. The highest BCUT2D eigenvalue weighted by Crippen LogP contribution is 2.28. The first-order valence-corrected chi connectivity index (χ1v) is 13.4. The van der Waals surface area contributed by atoms with Crippen LogP contribution in [0.5, 0.6) is 0 Å². The highest BCUT2D eigenvalue weighted by molar-refractivity contribution is 6.17. The van der Waals surface area contributed by atoms with Crippen molar-refractivity contribution in [2.45, 2.75) is 58.3 Å². The number of carboxylic acid groups (broad SMARTS) is 1. The number of anilines is 1. The second kappa shape index (κ2) is 12.4. The summed E-state index contributed by atoms with van der Waals surface area (Å²) in [6.07, 6.45) is 0.480. The van der Waals surface area contributed by atoms with Gasteiger partial charge in [-0.05, 0) is 36.4 Å². The number of aliphatic carboxylic acids is 1. The predicted molar refractivity (Wildman–Crippen MR) is 154 cm³/mol. The van der Waals surface area contributed by atoms with Gasteiger partial charge in [0.15, 0.2) is 6.04 Å². The van der Waals surface area contributed by atoms with Gasteiger partial charge in [-0.1, -0.05) is 99.6 Å². The fraction of sp³-hybridized carbons (Fsp3) is 0.344. The monoisotopic (exact) mass is 527 g/mol. The largest absolute Gasteiger partial charge is 0.480 e. The average Bonchev–Trinajstić information content (AvgIpc) is 3.38. The van der Waals surface area contributed by atoms with Crippen LogP contribution in [0.1, 0.15) is 50.3 Å². The van der Waals surface area contributed by atoms with E-state index in [1.54, 1.807) is 26.8 Å². The first-order valence-electron chi connectivity index (χ1n) is 13.4. The first-order chi connectivity index (χ1) is 18.6. The maximum absolute atomic E-state index is 13.6. The summed E-state index contributed by atoms with van der Waals surface area (Å²) in [7, 11) is 0. The van der Waals surface area contributed by atoms with E-state index in [2.05, 4.69) is 27.3 Å². The number of nitrogens with one attached hydrogen (secondary N) is 1. The molecule has 1 aliphatic heterocycles. The molecule has 0 aromatic heterocycles. The van der Waals surface area contributed by atoms with Gasteiger partial charge in [0.05, 0.1) is 23.5 Å². The smallest absolute Gasteiger partial charge is 0.331 e. The van der Waals surface area contributed by atoms with Crippen molar-refractivity contribution in [3.8, 4) is 0 Å². The van der Waals surface area contributed by atoms with Crippen LogP contribution < -0.4 is 5.32 Å². The van der Waals surface area contributed by atoms with Crippen molar-refractivity contribution >= 4 is 23.3 Å². The number of hydrogen-bond donors (Lipinski definition) is 3. The number of hydrogen-bond acceptors (Lipinski definition) is 5. The Labute approximate surface area is 230 Å². The Morgan fingerprint density at radius 3 is 2.23 bits per heavy atom. The summed E-state index contributed by atoms with van der Waals surface area (Å²) in [6.45, 7) is 6.88. The van der Waals surface area contributed by atoms with Gasteiger partial charge in [0.2, 0.25) is 5.91 Å². The SMILES string of the molecule is CC(C)(C)[C@@H](O)[C@H](N=C(c1ccccc1)c1ccccc1NC(=O)[C@@H]1CCCN1Cc1ccccc1)C(=O)O. The van der Waals surface area contributed by atoms with Crippen molar-refractivity contribution in [3.63, 3.8) is 0 Å². The van der Waals surface area contributed by atoms with Crippen molar-refractivity contribution < 1.29 is 19.8 Å². The van der Waals surface area contributed by atoms with Crippen LogP contribution in [0.3, 0.4) is 0 Å². The Kier molecular flexibility index (Phi) is 8.94. The lowest BCUT2D eigenvalue weighted by Gasteiger charge is -2.29. The molecule has 1 saturated heterocycles. The number of aliphatic hydroxyl groups is 1. The maximum Gasteiger partial charge on any atom is 0.331 e. The topological polar surface area (TPSA) is 102 Å². The molecule has 3 N–H and O–H groups in total. The van der Waals surface area contributed by atoms with Crippen LogP contribution in [0.15, 0.2) is 89.9 Å². The first kappa shape index (κ1) is 28.2. The number of carboxylic acids is 1. The molecule has 7 nitrogen and oxygen atoms in total. The van der Waals surface area contributed by atoms with E-state index in [1.165, 1.54) is 0 Å². The van der Waals surface area contributed by atoms with E-state index in [0.29, 0.717) is 29.1 Å². The fourth-order valence-electron chi connectivity index (χ4n) is 4.91. The van der Waals surface area contributed by atoms with E-state index in [-0.39, 0.29) is 11.9 Å². The van der Waals surface area contributed by atoms with Crippen LogP contribution >= 0.6 is 0 Å². The highest BCUT2D eigenvalue weighted by Gasteiger charge is 2.36. The Balaban J connectivity index is 1.68. The molecule has 1 heterocycles. The number of likely N-dealkylation sites (tertiary alicyclic amines) is 1. The van der Waals surface area contributed by atoms with E-state index in [0.717, 1.165) is 24.9 Å². The summed E-state index contributed by atoms with van der Waals surface area (Å²) >= 11 is 0.